The molecule has 0 bridgehead atoms. The van der Waals surface area contributed by atoms with Crippen molar-refractivity contribution >= 4 is 43.0 Å². The number of hydrogen-bond acceptors (Lipinski definition) is 7. The highest BCUT2D eigenvalue weighted by Crippen LogP contribution is 2.42. The summed E-state index contributed by atoms with van der Waals surface area (Å²) in [5.74, 6) is -3.62. The monoisotopic (exact) mass is 477 g/mol. The smallest absolute Gasteiger partial charge is 0.397 e. The second kappa shape index (κ2) is 10.1. The summed E-state index contributed by atoms with van der Waals surface area (Å²) in [6.07, 6.45) is 0.683. The predicted molar refractivity (Wildman–Crippen MR) is 125 cm³/mol. The second-order valence-corrected chi connectivity index (χ2v) is 14.9. The Kier molecular flexibility index (Phi) is 8.25. The summed E-state index contributed by atoms with van der Waals surface area (Å²) in [5, 5.41) is -0.443. The first-order valence-electron chi connectivity index (χ1n) is 10.5. The van der Waals surface area contributed by atoms with Crippen LogP contribution in [0.2, 0.25) is 18.1 Å². The van der Waals surface area contributed by atoms with E-state index in [9.17, 15) is 19.2 Å². The summed E-state index contributed by atoms with van der Waals surface area (Å²) < 4.78 is 11.1. The quantitative estimate of drug-likeness (QED) is 0.152. The molecule has 1 fully saturated rings. The van der Waals surface area contributed by atoms with E-state index in [1.54, 1.807) is 26.0 Å². The minimum Gasteiger partial charge on any atom is -0.459 e. The molecule has 174 valence electrons. The third-order valence-electron chi connectivity index (χ3n) is 5.70. The number of ether oxygens (including phenoxy) is 1. The molecule has 1 aliphatic rings. The van der Waals surface area contributed by atoms with Gasteiger partial charge in [-0.1, -0.05) is 39.0 Å². The van der Waals surface area contributed by atoms with E-state index in [0.717, 1.165) is 21.6 Å². The Balaban J connectivity index is 2.33. The summed E-state index contributed by atoms with van der Waals surface area (Å²) >= 11 is 0.973. The number of nitrogens with zero attached hydrogens (tertiary/aromatic N) is 1. The maximum absolute atomic E-state index is 12.9. The molecule has 9 heteroatoms. The molecule has 0 unspecified atom stereocenters. The highest BCUT2D eigenvalue weighted by Gasteiger charge is 2.53. The Morgan fingerprint density at radius 2 is 1.78 bits per heavy atom. The Bertz CT molecular complexity index is 922. The fraction of sp³-hybridized carbons (Fsp3) is 0.478. The van der Waals surface area contributed by atoms with Crippen molar-refractivity contribution in [2.24, 2.45) is 5.92 Å². The molecule has 1 aliphatic heterocycles. The number of imide groups is 1. The number of likely N-dealkylation sites (tertiary alicyclic amines) is 1. The Hall–Kier alpha value is -2.23. The number of amides is 2. The Morgan fingerprint density at radius 3 is 2.31 bits per heavy atom. The fourth-order valence-corrected chi connectivity index (χ4v) is 5.15. The van der Waals surface area contributed by atoms with Crippen LogP contribution in [0.1, 0.15) is 34.6 Å². The van der Waals surface area contributed by atoms with Crippen molar-refractivity contribution in [2.75, 3.05) is 6.61 Å². The van der Waals surface area contributed by atoms with Crippen molar-refractivity contribution in [3.05, 3.63) is 42.1 Å². The van der Waals surface area contributed by atoms with E-state index in [0.29, 0.717) is 0 Å². The van der Waals surface area contributed by atoms with Gasteiger partial charge in [0.15, 0.2) is 8.32 Å². The molecular weight excluding hydrogens is 446 g/mol. The highest BCUT2D eigenvalue weighted by molar-refractivity contribution is 8.14. The molecule has 0 radical (unpaired) electrons. The first-order chi connectivity index (χ1) is 14.8. The van der Waals surface area contributed by atoms with E-state index in [1.807, 2.05) is 18.2 Å². The highest BCUT2D eigenvalue weighted by atomic mass is 32.2. The number of hydrogen-bond donors (Lipinski definition) is 0. The molecule has 0 aromatic heterocycles. The maximum atomic E-state index is 12.9. The van der Waals surface area contributed by atoms with Crippen molar-refractivity contribution in [1.29, 1.82) is 0 Å². The normalized spacial score (nSPS) is 18.8. The van der Waals surface area contributed by atoms with Gasteiger partial charge in [-0.25, -0.2) is 9.69 Å². The third kappa shape index (κ3) is 5.76. The van der Waals surface area contributed by atoms with Crippen LogP contribution in [0.5, 0.6) is 0 Å². The van der Waals surface area contributed by atoms with Gasteiger partial charge in [-0.2, -0.15) is 0 Å². The number of β-lactam (4-membered cyclic amide) rings is 1. The van der Waals surface area contributed by atoms with Gasteiger partial charge in [-0.15, -0.1) is 0 Å². The van der Waals surface area contributed by atoms with Gasteiger partial charge in [-0.05, 0) is 55.9 Å². The molecule has 2 amide bonds. The maximum Gasteiger partial charge on any atom is 0.397 e. The minimum atomic E-state index is -2.22. The lowest BCUT2D eigenvalue weighted by atomic mass is 9.88. The Labute approximate surface area is 194 Å². The van der Waals surface area contributed by atoms with E-state index in [1.165, 1.54) is 6.08 Å². The van der Waals surface area contributed by atoms with Crippen LogP contribution in [-0.2, 0) is 28.3 Å². The average Bonchev–Trinajstić information content (AvgIpc) is 2.67. The van der Waals surface area contributed by atoms with Crippen LogP contribution in [0.3, 0.4) is 0 Å². The van der Waals surface area contributed by atoms with Gasteiger partial charge in [0.05, 0.1) is 12.7 Å². The van der Waals surface area contributed by atoms with Crippen molar-refractivity contribution < 1.29 is 28.3 Å². The molecule has 2 rings (SSSR count). The van der Waals surface area contributed by atoms with Gasteiger partial charge in [0.25, 0.3) is 0 Å². The molecule has 0 N–H and O–H groups in total. The zero-order valence-electron chi connectivity index (χ0n) is 19.6. The molecule has 1 saturated heterocycles. The lowest BCUT2D eigenvalue weighted by Gasteiger charge is -2.45. The van der Waals surface area contributed by atoms with E-state index in [2.05, 4.69) is 33.9 Å². The molecular formula is C23H31NO6SSi. The van der Waals surface area contributed by atoms with Gasteiger partial charge in [0.2, 0.25) is 11.0 Å². The molecule has 0 spiro atoms. The standard InChI is InChI=1S/C23H31NO6SSi/c1-8-29-22(28)21(27)24-17(14-18(25)31-16-12-10-9-11-13-16)19(20(24)26)15(2)30-32(6,7)23(3,4)5/h9-15,19H,8H2,1-7H3/b17-14-/t15-,19-/m1/s1. The first-order valence-corrected chi connectivity index (χ1v) is 14.2. The zero-order valence-corrected chi connectivity index (χ0v) is 21.4. The van der Waals surface area contributed by atoms with Gasteiger partial charge < -0.3 is 9.16 Å². The molecule has 1 aromatic carbocycles. The van der Waals surface area contributed by atoms with E-state index >= 15 is 0 Å². The fourth-order valence-electron chi connectivity index (χ4n) is 3.03. The van der Waals surface area contributed by atoms with E-state index in [-0.39, 0.29) is 22.5 Å². The zero-order chi connectivity index (χ0) is 24.3. The molecule has 2 atom stereocenters. The van der Waals surface area contributed by atoms with E-state index < -0.39 is 38.1 Å². The Morgan fingerprint density at radius 1 is 1.19 bits per heavy atom. The number of thioether (sulfide) groups is 1. The van der Waals surface area contributed by atoms with Crippen molar-refractivity contribution in [2.45, 2.75) is 63.8 Å². The van der Waals surface area contributed by atoms with Crippen LogP contribution in [0.25, 0.3) is 0 Å². The number of benzene rings is 1. The summed E-state index contributed by atoms with van der Waals surface area (Å²) in [6, 6.07) is 9.03. The number of esters is 1. The molecule has 32 heavy (non-hydrogen) atoms. The van der Waals surface area contributed by atoms with Crippen LogP contribution >= 0.6 is 11.8 Å². The number of rotatable bonds is 6. The average molecular weight is 478 g/mol. The lowest BCUT2D eigenvalue weighted by molar-refractivity contribution is -0.168. The van der Waals surface area contributed by atoms with Crippen molar-refractivity contribution in [3.63, 3.8) is 0 Å². The first kappa shape index (κ1) is 26.0. The molecule has 1 heterocycles. The van der Waals surface area contributed by atoms with Crippen molar-refractivity contribution in [1.82, 2.24) is 4.90 Å². The van der Waals surface area contributed by atoms with Gasteiger partial charge in [0.1, 0.15) is 5.92 Å². The molecule has 0 saturated carbocycles. The van der Waals surface area contributed by atoms with Crippen molar-refractivity contribution in [3.8, 4) is 0 Å². The number of carbonyl (C=O) groups is 4. The minimum absolute atomic E-state index is 0.00273. The summed E-state index contributed by atoms with van der Waals surface area (Å²) in [7, 11) is -2.22. The van der Waals surface area contributed by atoms with E-state index in [4.69, 9.17) is 9.16 Å². The third-order valence-corrected chi connectivity index (χ3v) is 11.1. The topological polar surface area (TPSA) is 90.0 Å². The summed E-state index contributed by atoms with van der Waals surface area (Å²) in [5.41, 5.74) is 0.160. The molecule has 1 aromatic rings. The van der Waals surface area contributed by atoms with Crippen LogP contribution in [0.15, 0.2) is 47.0 Å². The predicted octanol–water partition coefficient (Wildman–Crippen LogP) is 4.15. The number of carbonyl (C=O) groups excluding carboxylic acids is 4. The SMILES string of the molecule is CCOC(=O)C(=O)N1C(=O)[C@H]([C@@H](C)O[Si](C)(C)C(C)(C)C)/C1=C/C(=O)Sc1ccccc1. The summed E-state index contributed by atoms with van der Waals surface area (Å²) in [4.78, 5) is 51.6. The largest absolute Gasteiger partial charge is 0.459 e. The summed E-state index contributed by atoms with van der Waals surface area (Å²) in [6.45, 7) is 13.7. The lowest BCUT2D eigenvalue weighted by Crippen LogP contribution is -2.60. The molecule has 0 aliphatic carbocycles. The molecule has 7 nitrogen and oxygen atoms in total. The van der Waals surface area contributed by atoms with Crippen LogP contribution in [0, 0.1) is 5.92 Å². The van der Waals surface area contributed by atoms with Crippen LogP contribution in [0.4, 0.5) is 0 Å². The van der Waals surface area contributed by atoms with Gasteiger partial charge in [-0.3, -0.25) is 14.4 Å². The van der Waals surface area contributed by atoms with Gasteiger partial charge in [0, 0.05) is 16.7 Å². The van der Waals surface area contributed by atoms with Gasteiger partial charge >= 0.3 is 11.9 Å². The van der Waals surface area contributed by atoms with Crippen LogP contribution in [-0.4, -0.2) is 48.8 Å². The second-order valence-electron chi connectivity index (χ2n) is 9.06. The van der Waals surface area contributed by atoms with Crippen LogP contribution < -0.4 is 0 Å².